The lowest BCUT2D eigenvalue weighted by atomic mass is 10.2. The fourth-order valence-electron chi connectivity index (χ4n) is 1.95. The van der Waals surface area contributed by atoms with Gasteiger partial charge in [-0.3, -0.25) is 14.4 Å². The van der Waals surface area contributed by atoms with E-state index in [1.807, 2.05) is 36.6 Å². The largest absolute Gasteiger partial charge is 0.445 e. The van der Waals surface area contributed by atoms with Crippen molar-refractivity contribution in [1.29, 1.82) is 0 Å². The number of hydrogen-bond donors (Lipinski definition) is 4. The Hall–Kier alpha value is -2.75. The van der Waals surface area contributed by atoms with E-state index in [4.69, 9.17) is 10.5 Å². The van der Waals surface area contributed by atoms with Crippen molar-refractivity contribution in [3.8, 4) is 0 Å². The zero-order valence-electron chi connectivity index (χ0n) is 15.0. The lowest BCUT2D eigenvalue weighted by Crippen LogP contribution is -2.49. The summed E-state index contributed by atoms with van der Waals surface area (Å²) in [5.41, 5.74) is 5.74. The van der Waals surface area contributed by atoms with Gasteiger partial charge in [0.25, 0.3) is 0 Å². The molecule has 0 heterocycles. The summed E-state index contributed by atoms with van der Waals surface area (Å²) >= 11 is 1.52. The van der Waals surface area contributed by atoms with Crippen LogP contribution in [0.25, 0.3) is 0 Å². The number of benzene rings is 1. The van der Waals surface area contributed by atoms with Crippen molar-refractivity contribution in [3.05, 3.63) is 35.9 Å². The Balaban J connectivity index is 2.47. The number of rotatable bonds is 11. The van der Waals surface area contributed by atoms with Gasteiger partial charge in [-0.15, -0.1) is 0 Å². The predicted octanol–water partition coefficient (Wildman–Crippen LogP) is -0.248. The molecule has 1 unspecified atom stereocenters. The van der Waals surface area contributed by atoms with E-state index >= 15 is 0 Å². The van der Waals surface area contributed by atoms with E-state index in [0.717, 1.165) is 5.56 Å². The highest BCUT2D eigenvalue weighted by atomic mass is 32.2. The van der Waals surface area contributed by atoms with Gasteiger partial charge >= 0.3 is 6.09 Å². The number of ether oxygens (including phenoxy) is 1. The van der Waals surface area contributed by atoms with Crippen LogP contribution in [0.15, 0.2) is 30.3 Å². The lowest BCUT2D eigenvalue weighted by molar-refractivity contribution is -0.128. The molecule has 9 nitrogen and oxygen atoms in total. The molecule has 1 rings (SSSR count). The Morgan fingerprint density at radius 2 is 1.81 bits per heavy atom. The molecule has 1 aromatic carbocycles. The van der Waals surface area contributed by atoms with E-state index in [-0.39, 0.29) is 19.7 Å². The van der Waals surface area contributed by atoms with Crippen LogP contribution in [0, 0.1) is 0 Å². The van der Waals surface area contributed by atoms with Gasteiger partial charge in [0.2, 0.25) is 17.7 Å². The van der Waals surface area contributed by atoms with Crippen molar-refractivity contribution in [2.24, 2.45) is 5.73 Å². The molecule has 1 aromatic rings. The first-order chi connectivity index (χ1) is 12.9. The van der Waals surface area contributed by atoms with E-state index in [9.17, 15) is 19.2 Å². The number of alkyl carbamates (subject to hydrolysis) is 1. The number of nitrogens with one attached hydrogen (secondary N) is 3. The van der Waals surface area contributed by atoms with Crippen LogP contribution < -0.4 is 21.7 Å². The number of nitrogens with two attached hydrogens (primary N) is 1. The zero-order valence-corrected chi connectivity index (χ0v) is 15.8. The molecule has 5 N–H and O–H groups in total. The normalized spacial score (nSPS) is 11.1. The Bertz CT molecular complexity index is 641. The molecule has 4 amide bonds. The molecule has 148 valence electrons. The third kappa shape index (κ3) is 10.1. The van der Waals surface area contributed by atoms with Crippen molar-refractivity contribution < 1.29 is 23.9 Å². The van der Waals surface area contributed by atoms with Gasteiger partial charge in [-0.25, -0.2) is 4.79 Å². The molecule has 0 saturated heterocycles. The molecule has 0 bridgehead atoms. The predicted molar refractivity (Wildman–Crippen MR) is 102 cm³/mol. The van der Waals surface area contributed by atoms with Crippen LogP contribution in [0.4, 0.5) is 4.79 Å². The first-order valence-corrected chi connectivity index (χ1v) is 9.60. The molecular formula is C17H24N4O5S. The minimum atomic E-state index is -0.843. The number of hydrogen-bond acceptors (Lipinski definition) is 6. The quantitative estimate of drug-likeness (QED) is 0.407. The fourth-order valence-corrected chi connectivity index (χ4v) is 2.42. The van der Waals surface area contributed by atoms with Crippen molar-refractivity contribution in [2.75, 3.05) is 25.1 Å². The average molecular weight is 396 g/mol. The number of primary amides is 1. The number of carbonyl (C=O) groups is 4. The summed E-state index contributed by atoms with van der Waals surface area (Å²) in [4.78, 5) is 46.3. The van der Waals surface area contributed by atoms with Crippen LogP contribution >= 0.6 is 11.8 Å². The van der Waals surface area contributed by atoms with Gasteiger partial charge in [-0.1, -0.05) is 30.3 Å². The maximum Gasteiger partial charge on any atom is 0.408 e. The summed E-state index contributed by atoms with van der Waals surface area (Å²) in [7, 11) is 0. The van der Waals surface area contributed by atoms with Crippen LogP contribution in [0.5, 0.6) is 0 Å². The number of thioether (sulfide) groups is 1. The Kier molecular flexibility index (Phi) is 10.4. The van der Waals surface area contributed by atoms with Crippen LogP contribution in [-0.2, 0) is 25.7 Å². The highest BCUT2D eigenvalue weighted by molar-refractivity contribution is 7.98. The minimum Gasteiger partial charge on any atom is -0.445 e. The highest BCUT2D eigenvalue weighted by Crippen LogP contribution is 2.04. The summed E-state index contributed by atoms with van der Waals surface area (Å²) in [5, 5.41) is 7.17. The Labute approximate surface area is 161 Å². The van der Waals surface area contributed by atoms with Gasteiger partial charge in [-0.05, 0) is 24.0 Å². The highest BCUT2D eigenvalue weighted by Gasteiger charge is 2.21. The second kappa shape index (κ2) is 12.6. The zero-order chi connectivity index (χ0) is 20.1. The molecule has 10 heteroatoms. The lowest BCUT2D eigenvalue weighted by Gasteiger charge is -2.18. The second-order valence-corrected chi connectivity index (χ2v) is 6.49. The maximum atomic E-state index is 12.2. The summed E-state index contributed by atoms with van der Waals surface area (Å²) < 4.78 is 5.11. The molecular weight excluding hydrogens is 372 g/mol. The summed E-state index contributed by atoms with van der Waals surface area (Å²) in [6, 6.07) is 8.30. The standard InChI is InChI=1S/C17H24N4O5S/c1-27-8-7-13(16(24)20-10-15(23)19-9-14(18)22)21-17(25)26-11-12-5-3-2-4-6-12/h2-6,13H,7-11H2,1H3,(H2,18,22)(H,19,23)(H,20,24)(H,21,25). The third-order valence-corrected chi connectivity index (χ3v) is 3.96. The molecule has 0 saturated carbocycles. The van der Waals surface area contributed by atoms with Crippen molar-refractivity contribution >= 4 is 35.6 Å². The smallest absolute Gasteiger partial charge is 0.408 e. The SMILES string of the molecule is CSCCC(NC(=O)OCc1ccccc1)C(=O)NCC(=O)NCC(N)=O. The fraction of sp³-hybridized carbons (Fsp3) is 0.412. The molecule has 27 heavy (non-hydrogen) atoms. The van der Waals surface area contributed by atoms with Crippen molar-refractivity contribution in [1.82, 2.24) is 16.0 Å². The van der Waals surface area contributed by atoms with Gasteiger partial charge in [0, 0.05) is 0 Å². The third-order valence-electron chi connectivity index (χ3n) is 3.31. The summed E-state index contributed by atoms with van der Waals surface area (Å²) in [5.74, 6) is -1.13. The van der Waals surface area contributed by atoms with Crippen LogP contribution in [0.1, 0.15) is 12.0 Å². The first kappa shape index (κ1) is 22.3. The Morgan fingerprint density at radius 3 is 2.44 bits per heavy atom. The number of amides is 4. The molecule has 0 aromatic heterocycles. The molecule has 0 radical (unpaired) electrons. The van der Waals surface area contributed by atoms with E-state index in [2.05, 4.69) is 16.0 Å². The summed E-state index contributed by atoms with van der Waals surface area (Å²) in [6.07, 6.45) is 1.52. The molecule has 0 aliphatic carbocycles. The minimum absolute atomic E-state index is 0.0824. The molecule has 0 aliphatic rings. The Morgan fingerprint density at radius 1 is 1.11 bits per heavy atom. The van der Waals surface area contributed by atoms with Crippen LogP contribution in [0.2, 0.25) is 0 Å². The second-order valence-electron chi connectivity index (χ2n) is 5.50. The summed E-state index contributed by atoms with van der Waals surface area (Å²) in [6.45, 7) is -0.559. The van der Waals surface area contributed by atoms with Crippen molar-refractivity contribution in [3.63, 3.8) is 0 Å². The van der Waals surface area contributed by atoms with E-state index in [1.54, 1.807) is 0 Å². The first-order valence-electron chi connectivity index (χ1n) is 8.21. The number of carbonyl (C=O) groups excluding carboxylic acids is 4. The van der Waals surface area contributed by atoms with Crippen LogP contribution in [-0.4, -0.2) is 55.0 Å². The molecule has 0 fully saturated rings. The van der Waals surface area contributed by atoms with Gasteiger partial charge in [0.05, 0.1) is 13.1 Å². The maximum absolute atomic E-state index is 12.2. The van der Waals surface area contributed by atoms with E-state index < -0.39 is 29.9 Å². The molecule has 0 spiro atoms. The topological polar surface area (TPSA) is 140 Å². The van der Waals surface area contributed by atoms with Gasteiger partial charge < -0.3 is 26.4 Å². The average Bonchev–Trinajstić information content (AvgIpc) is 2.66. The van der Waals surface area contributed by atoms with Gasteiger partial charge in [-0.2, -0.15) is 11.8 Å². The van der Waals surface area contributed by atoms with E-state index in [1.165, 1.54) is 11.8 Å². The monoisotopic (exact) mass is 396 g/mol. The van der Waals surface area contributed by atoms with Gasteiger partial charge in [0.15, 0.2) is 0 Å². The molecule has 0 aliphatic heterocycles. The van der Waals surface area contributed by atoms with E-state index in [0.29, 0.717) is 12.2 Å². The van der Waals surface area contributed by atoms with Crippen LogP contribution in [0.3, 0.4) is 0 Å². The van der Waals surface area contributed by atoms with Gasteiger partial charge in [0.1, 0.15) is 12.6 Å². The molecule has 1 atom stereocenters. The van der Waals surface area contributed by atoms with Crippen molar-refractivity contribution in [2.45, 2.75) is 19.1 Å².